The van der Waals surface area contributed by atoms with Crippen LogP contribution in [0.4, 0.5) is 29.3 Å². The van der Waals surface area contributed by atoms with Crippen LogP contribution in [0.5, 0.6) is 0 Å². The van der Waals surface area contributed by atoms with Crippen LogP contribution >= 0.6 is 0 Å². The number of nitro groups is 1. The van der Waals surface area contributed by atoms with Crippen molar-refractivity contribution in [3.05, 3.63) is 34.4 Å². The van der Waals surface area contributed by atoms with Crippen LogP contribution in [0.15, 0.2) is 24.3 Å². The minimum atomic E-state index is -4.33. The van der Waals surface area contributed by atoms with Crippen LogP contribution in [0.3, 0.4) is 0 Å². The van der Waals surface area contributed by atoms with Crippen molar-refractivity contribution in [3.63, 3.8) is 0 Å². The van der Waals surface area contributed by atoms with Gasteiger partial charge in [-0.3, -0.25) is 10.1 Å². The third-order valence-electron chi connectivity index (χ3n) is 3.48. The van der Waals surface area contributed by atoms with Crippen LogP contribution in [0.2, 0.25) is 0 Å². The number of anilines is 1. The number of amides is 2. The van der Waals surface area contributed by atoms with E-state index >= 15 is 0 Å². The molecular weight excluding hydrogens is 303 g/mol. The van der Waals surface area contributed by atoms with Crippen molar-refractivity contribution in [3.8, 4) is 0 Å². The lowest BCUT2D eigenvalue weighted by Crippen LogP contribution is -2.46. The highest BCUT2D eigenvalue weighted by atomic mass is 19.4. The summed E-state index contributed by atoms with van der Waals surface area (Å²) in [5, 5.41) is 13.0. The van der Waals surface area contributed by atoms with Gasteiger partial charge in [0.05, 0.1) is 10.8 Å². The van der Waals surface area contributed by atoms with E-state index in [1.807, 2.05) is 0 Å². The Kier molecular flexibility index (Phi) is 4.53. The van der Waals surface area contributed by atoms with Gasteiger partial charge in [-0.05, 0) is 18.9 Å². The topological polar surface area (TPSA) is 75.5 Å². The van der Waals surface area contributed by atoms with Crippen LogP contribution in [0, 0.1) is 16.0 Å². The van der Waals surface area contributed by atoms with E-state index in [9.17, 15) is 28.1 Å². The molecule has 0 spiro atoms. The molecule has 2 amide bonds. The summed E-state index contributed by atoms with van der Waals surface area (Å²) >= 11 is 0. The maximum Gasteiger partial charge on any atom is 0.393 e. The number of nitro benzene ring substituents is 1. The van der Waals surface area contributed by atoms with Crippen LogP contribution in [-0.4, -0.2) is 35.1 Å². The van der Waals surface area contributed by atoms with Gasteiger partial charge in [-0.2, -0.15) is 13.2 Å². The molecule has 22 heavy (non-hydrogen) atoms. The number of nitrogens with zero attached hydrogens (tertiary/aromatic N) is 2. The van der Waals surface area contributed by atoms with Crippen molar-refractivity contribution in [2.24, 2.45) is 5.92 Å². The lowest BCUT2D eigenvalue weighted by atomic mass is 9.98. The number of piperidine rings is 1. The zero-order valence-corrected chi connectivity index (χ0v) is 11.5. The van der Waals surface area contributed by atoms with Crippen molar-refractivity contribution >= 4 is 17.4 Å². The zero-order valence-electron chi connectivity index (χ0n) is 11.5. The van der Waals surface area contributed by atoms with Crippen molar-refractivity contribution in [2.45, 2.75) is 19.0 Å². The van der Waals surface area contributed by atoms with Gasteiger partial charge in [-0.25, -0.2) is 4.79 Å². The molecule has 1 aromatic carbocycles. The second kappa shape index (κ2) is 6.20. The van der Waals surface area contributed by atoms with E-state index in [0.29, 0.717) is 0 Å². The first kappa shape index (κ1) is 16.1. The molecule has 0 aromatic heterocycles. The number of rotatable bonds is 2. The SMILES string of the molecule is O=C(Nc1cccc([N+](=O)[O-])c1)N1CCC[C@@H](C(F)(F)F)C1. The van der Waals surface area contributed by atoms with E-state index < -0.39 is 29.6 Å². The van der Waals surface area contributed by atoms with Gasteiger partial charge in [0.2, 0.25) is 0 Å². The van der Waals surface area contributed by atoms with E-state index in [4.69, 9.17) is 0 Å². The molecule has 9 heteroatoms. The molecule has 1 aliphatic rings. The van der Waals surface area contributed by atoms with Gasteiger partial charge < -0.3 is 10.2 Å². The molecule has 0 aliphatic carbocycles. The average molecular weight is 317 g/mol. The Morgan fingerprint density at radius 3 is 2.77 bits per heavy atom. The van der Waals surface area contributed by atoms with Gasteiger partial charge in [0.1, 0.15) is 0 Å². The molecule has 1 saturated heterocycles. The second-order valence-corrected chi connectivity index (χ2v) is 5.06. The number of likely N-dealkylation sites (tertiary alicyclic amines) is 1. The molecule has 120 valence electrons. The Morgan fingerprint density at radius 1 is 1.41 bits per heavy atom. The Labute approximate surface area is 124 Å². The highest BCUT2D eigenvalue weighted by Gasteiger charge is 2.42. The van der Waals surface area contributed by atoms with Crippen molar-refractivity contribution in [2.75, 3.05) is 18.4 Å². The monoisotopic (exact) mass is 317 g/mol. The highest BCUT2D eigenvalue weighted by molar-refractivity contribution is 5.89. The van der Waals surface area contributed by atoms with Crippen molar-refractivity contribution in [1.82, 2.24) is 4.90 Å². The summed E-state index contributed by atoms with van der Waals surface area (Å²) in [6.45, 7) is -0.169. The molecule has 6 nitrogen and oxygen atoms in total. The predicted octanol–water partition coefficient (Wildman–Crippen LogP) is 3.40. The standard InChI is InChI=1S/C13H14F3N3O3/c14-13(15,16)9-3-2-6-18(8-9)12(20)17-10-4-1-5-11(7-10)19(21)22/h1,4-5,7,9H,2-3,6,8H2,(H,17,20)/t9-/m1/s1. The summed E-state index contributed by atoms with van der Waals surface area (Å²) in [7, 11) is 0. The number of hydrogen-bond donors (Lipinski definition) is 1. The molecule has 1 atom stereocenters. The normalized spacial score (nSPS) is 18.9. The van der Waals surface area contributed by atoms with Crippen molar-refractivity contribution < 1.29 is 22.9 Å². The van der Waals surface area contributed by atoms with E-state index in [-0.39, 0.29) is 30.8 Å². The van der Waals surface area contributed by atoms with E-state index in [1.165, 1.54) is 18.2 Å². The molecule has 0 radical (unpaired) electrons. The van der Waals surface area contributed by atoms with Gasteiger partial charge >= 0.3 is 12.2 Å². The molecule has 0 unspecified atom stereocenters. The molecule has 1 N–H and O–H groups in total. The fraction of sp³-hybridized carbons (Fsp3) is 0.462. The summed E-state index contributed by atoms with van der Waals surface area (Å²) in [6.07, 6.45) is -4.05. The maximum atomic E-state index is 12.7. The number of benzene rings is 1. The number of non-ortho nitro benzene ring substituents is 1. The zero-order chi connectivity index (χ0) is 16.3. The van der Waals surface area contributed by atoms with Crippen molar-refractivity contribution in [1.29, 1.82) is 0 Å². The number of halogens is 3. The smallest absolute Gasteiger partial charge is 0.324 e. The Bertz CT molecular complexity index is 577. The Morgan fingerprint density at radius 2 is 2.14 bits per heavy atom. The third kappa shape index (κ3) is 3.86. The Balaban J connectivity index is 2.03. The third-order valence-corrected chi connectivity index (χ3v) is 3.48. The predicted molar refractivity (Wildman–Crippen MR) is 72.5 cm³/mol. The van der Waals surface area contributed by atoms with Gasteiger partial charge in [0.25, 0.3) is 5.69 Å². The number of hydrogen-bond acceptors (Lipinski definition) is 3. The van der Waals surface area contributed by atoms with E-state index in [0.717, 1.165) is 11.0 Å². The lowest BCUT2D eigenvalue weighted by Gasteiger charge is -2.33. The molecular formula is C13H14F3N3O3. The lowest BCUT2D eigenvalue weighted by molar-refractivity contribution is -0.384. The number of alkyl halides is 3. The summed E-state index contributed by atoms with van der Waals surface area (Å²) in [6, 6.07) is 4.56. The van der Waals surface area contributed by atoms with E-state index in [2.05, 4.69) is 5.32 Å². The van der Waals surface area contributed by atoms with Crippen LogP contribution in [-0.2, 0) is 0 Å². The van der Waals surface area contributed by atoms with Gasteiger partial charge in [-0.1, -0.05) is 6.07 Å². The van der Waals surface area contributed by atoms with E-state index in [1.54, 1.807) is 0 Å². The average Bonchev–Trinajstić information content (AvgIpc) is 2.46. The Hall–Kier alpha value is -2.32. The summed E-state index contributed by atoms with van der Waals surface area (Å²) in [5.74, 6) is -1.53. The first-order valence-electron chi connectivity index (χ1n) is 6.64. The molecule has 1 fully saturated rings. The summed E-state index contributed by atoms with van der Waals surface area (Å²) in [5.41, 5.74) is -0.0297. The molecule has 0 bridgehead atoms. The first-order chi connectivity index (χ1) is 10.3. The number of urea groups is 1. The number of carbonyl (C=O) groups is 1. The minimum Gasteiger partial charge on any atom is -0.324 e. The highest BCUT2D eigenvalue weighted by Crippen LogP contribution is 2.33. The van der Waals surface area contributed by atoms with Crippen LogP contribution < -0.4 is 5.32 Å². The largest absolute Gasteiger partial charge is 0.393 e. The maximum absolute atomic E-state index is 12.7. The fourth-order valence-corrected chi connectivity index (χ4v) is 2.33. The quantitative estimate of drug-likeness (QED) is 0.671. The van der Waals surface area contributed by atoms with Crippen LogP contribution in [0.1, 0.15) is 12.8 Å². The van der Waals surface area contributed by atoms with Gasteiger partial charge in [-0.15, -0.1) is 0 Å². The molecule has 1 heterocycles. The summed E-state index contributed by atoms with van der Waals surface area (Å²) < 4.78 is 38.1. The fourth-order valence-electron chi connectivity index (χ4n) is 2.33. The minimum absolute atomic E-state index is 0.00406. The molecule has 1 aromatic rings. The van der Waals surface area contributed by atoms with Crippen LogP contribution in [0.25, 0.3) is 0 Å². The first-order valence-corrected chi connectivity index (χ1v) is 6.64. The molecule has 2 rings (SSSR count). The summed E-state index contributed by atoms with van der Waals surface area (Å²) in [4.78, 5) is 23.1. The molecule has 0 saturated carbocycles. The molecule has 1 aliphatic heterocycles. The second-order valence-electron chi connectivity index (χ2n) is 5.06. The number of carbonyl (C=O) groups excluding carboxylic acids is 1. The number of nitrogens with one attached hydrogen (secondary N) is 1. The van der Waals surface area contributed by atoms with Gasteiger partial charge in [0.15, 0.2) is 0 Å². The van der Waals surface area contributed by atoms with Gasteiger partial charge in [0, 0.05) is 30.9 Å².